The first kappa shape index (κ1) is 22.3. The van der Waals surface area contributed by atoms with Gasteiger partial charge in [0.05, 0.1) is 26.0 Å². The molecule has 2 saturated heterocycles. The first-order valence-corrected chi connectivity index (χ1v) is 12.4. The number of nitrogens with zero attached hydrogens (tertiary/aromatic N) is 4. The van der Waals surface area contributed by atoms with Gasteiger partial charge in [-0.2, -0.15) is 5.10 Å². The van der Waals surface area contributed by atoms with Crippen LogP contribution >= 0.6 is 11.9 Å². The Balaban J connectivity index is 1.43. The van der Waals surface area contributed by atoms with Gasteiger partial charge in [0.15, 0.2) is 0 Å². The van der Waals surface area contributed by atoms with E-state index in [2.05, 4.69) is 25.7 Å². The van der Waals surface area contributed by atoms with Gasteiger partial charge in [-0.3, -0.25) is 14.8 Å². The highest BCUT2D eigenvalue weighted by atomic mass is 32.2. The Morgan fingerprint density at radius 3 is 2.42 bits per heavy atom. The van der Waals surface area contributed by atoms with Crippen molar-refractivity contribution in [2.24, 2.45) is 12.5 Å². The van der Waals surface area contributed by atoms with Crippen LogP contribution in [0.4, 0.5) is 0 Å². The van der Waals surface area contributed by atoms with E-state index in [1.807, 2.05) is 30.3 Å². The summed E-state index contributed by atoms with van der Waals surface area (Å²) in [4.78, 5) is 14.9. The van der Waals surface area contributed by atoms with Gasteiger partial charge in [-0.05, 0) is 49.9 Å². The predicted molar refractivity (Wildman–Crippen MR) is 132 cm³/mol. The molecule has 9 heteroatoms. The number of piperidine rings is 1. The van der Waals surface area contributed by atoms with Gasteiger partial charge in [-0.25, -0.2) is 4.31 Å². The molecule has 0 amide bonds. The zero-order valence-corrected chi connectivity index (χ0v) is 20.5. The summed E-state index contributed by atoms with van der Waals surface area (Å²) >= 11 is 1.86. The third-order valence-electron chi connectivity index (χ3n) is 7.29. The van der Waals surface area contributed by atoms with Crippen LogP contribution in [0.15, 0.2) is 29.3 Å². The van der Waals surface area contributed by atoms with Crippen molar-refractivity contribution in [1.29, 1.82) is 0 Å². The fourth-order valence-corrected chi connectivity index (χ4v) is 6.04. The highest BCUT2D eigenvalue weighted by Gasteiger charge is 2.44. The molecule has 5 rings (SSSR count). The number of hydrogen-bond acceptors (Lipinski definition) is 7. The standard InChI is InChI=1S/C24H31N5O3S/c1-27-12-18(17-11-25-26-22(17)23(27)30)16-9-20(31-2)19(21(10-16)32-3)13-28-7-5-24(6-8-28)14-29(15-24)33-4/h9-12H,5-8,13-15H2,1-4H3,(H,25,26). The summed E-state index contributed by atoms with van der Waals surface area (Å²) in [6, 6.07) is 4.08. The number of fused-ring (bicyclic) bond motifs is 1. The fourth-order valence-electron chi connectivity index (χ4n) is 5.23. The van der Waals surface area contributed by atoms with E-state index in [1.54, 1.807) is 32.0 Å². The summed E-state index contributed by atoms with van der Waals surface area (Å²) in [6.45, 7) is 5.40. The molecule has 33 heavy (non-hydrogen) atoms. The largest absolute Gasteiger partial charge is 0.496 e. The van der Waals surface area contributed by atoms with Crippen LogP contribution in [0, 0.1) is 5.41 Å². The van der Waals surface area contributed by atoms with Crippen LogP contribution in [-0.2, 0) is 13.6 Å². The Morgan fingerprint density at radius 2 is 1.82 bits per heavy atom. The number of hydrogen-bond donors (Lipinski definition) is 1. The second-order valence-electron chi connectivity index (χ2n) is 9.23. The molecule has 4 heterocycles. The lowest BCUT2D eigenvalue weighted by Gasteiger charge is -2.53. The maximum absolute atomic E-state index is 12.4. The van der Waals surface area contributed by atoms with Gasteiger partial charge in [-0.15, -0.1) is 0 Å². The molecule has 0 atom stereocenters. The van der Waals surface area contributed by atoms with Crippen molar-refractivity contribution in [3.63, 3.8) is 0 Å². The maximum atomic E-state index is 12.4. The molecule has 2 fully saturated rings. The normalized spacial score (nSPS) is 18.5. The molecule has 0 saturated carbocycles. The lowest BCUT2D eigenvalue weighted by Crippen LogP contribution is -2.57. The highest BCUT2D eigenvalue weighted by molar-refractivity contribution is 7.96. The number of rotatable bonds is 6. The van der Waals surface area contributed by atoms with E-state index < -0.39 is 0 Å². The van der Waals surface area contributed by atoms with Crippen LogP contribution in [0.2, 0.25) is 0 Å². The maximum Gasteiger partial charge on any atom is 0.276 e. The number of likely N-dealkylation sites (tertiary alicyclic amines) is 1. The van der Waals surface area contributed by atoms with Crippen molar-refractivity contribution in [2.75, 3.05) is 46.7 Å². The van der Waals surface area contributed by atoms with E-state index in [9.17, 15) is 4.79 Å². The van der Waals surface area contributed by atoms with Gasteiger partial charge in [0, 0.05) is 49.2 Å². The number of H-pyrrole nitrogens is 1. The molecule has 0 aliphatic carbocycles. The number of nitrogens with one attached hydrogen (secondary N) is 1. The molecule has 0 unspecified atom stereocenters. The molecule has 8 nitrogen and oxygen atoms in total. The fraction of sp³-hybridized carbons (Fsp3) is 0.500. The van der Waals surface area contributed by atoms with Crippen molar-refractivity contribution in [3.05, 3.63) is 40.4 Å². The number of aromatic amines is 1. The zero-order chi connectivity index (χ0) is 23.2. The highest BCUT2D eigenvalue weighted by Crippen LogP contribution is 2.44. The van der Waals surface area contributed by atoms with Crippen molar-refractivity contribution in [2.45, 2.75) is 19.4 Å². The average molecular weight is 470 g/mol. The number of aryl methyl sites for hydroxylation is 1. The van der Waals surface area contributed by atoms with E-state index >= 15 is 0 Å². The van der Waals surface area contributed by atoms with Gasteiger partial charge in [0.1, 0.15) is 17.0 Å². The Hall–Kier alpha value is -2.49. The molecule has 3 aromatic rings. The summed E-state index contributed by atoms with van der Waals surface area (Å²) in [5, 5.41) is 7.71. The molecular formula is C24H31N5O3S. The quantitative estimate of drug-likeness (QED) is 0.556. The van der Waals surface area contributed by atoms with Crippen LogP contribution in [0.3, 0.4) is 0 Å². The summed E-state index contributed by atoms with van der Waals surface area (Å²) in [5.74, 6) is 1.60. The molecule has 1 N–H and O–H groups in total. The number of ether oxygens (including phenoxy) is 2. The summed E-state index contributed by atoms with van der Waals surface area (Å²) < 4.78 is 15.7. The smallest absolute Gasteiger partial charge is 0.276 e. The van der Waals surface area contributed by atoms with Crippen LogP contribution < -0.4 is 15.0 Å². The molecule has 1 aromatic carbocycles. The van der Waals surface area contributed by atoms with Gasteiger partial charge in [0.25, 0.3) is 5.56 Å². The lowest BCUT2D eigenvalue weighted by molar-refractivity contribution is 0.00397. The Bertz CT molecular complexity index is 1200. The molecule has 2 aromatic heterocycles. The lowest BCUT2D eigenvalue weighted by atomic mass is 9.73. The Morgan fingerprint density at radius 1 is 1.15 bits per heavy atom. The first-order chi connectivity index (χ1) is 16.0. The number of pyridine rings is 1. The summed E-state index contributed by atoms with van der Waals surface area (Å²) in [5.41, 5.74) is 3.81. The molecular weight excluding hydrogens is 438 g/mol. The van der Waals surface area contributed by atoms with Crippen molar-refractivity contribution >= 4 is 22.9 Å². The summed E-state index contributed by atoms with van der Waals surface area (Å²) in [7, 11) is 5.15. The molecule has 2 aliphatic heterocycles. The molecule has 0 radical (unpaired) electrons. The van der Waals surface area contributed by atoms with Crippen LogP contribution in [0.25, 0.3) is 22.0 Å². The van der Waals surface area contributed by atoms with Gasteiger partial charge >= 0.3 is 0 Å². The van der Waals surface area contributed by atoms with E-state index in [-0.39, 0.29) is 5.56 Å². The predicted octanol–water partition coefficient (Wildman–Crippen LogP) is 3.12. The minimum atomic E-state index is -0.100. The number of methoxy groups -OCH3 is 2. The van der Waals surface area contributed by atoms with E-state index in [1.165, 1.54) is 25.9 Å². The molecule has 2 aliphatic rings. The average Bonchev–Trinajstić information content (AvgIpc) is 3.31. The van der Waals surface area contributed by atoms with E-state index in [4.69, 9.17) is 9.47 Å². The minimum absolute atomic E-state index is 0.100. The first-order valence-electron chi connectivity index (χ1n) is 11.3. The van der Waals surface area contributed by atoms with Gasteiger partial charge < -0.3 is 14.0 Å². The Kier molecular flexibility index (Phi) is 5.88. The monoisotopic (exact) mass is 469 g/mol. The van der Waals surface area contributed by atoms with Gasteiger partial charge in [-0.1, -0.05) is 11.9 Å². The molecule has 0 bridgehead atoms. The van der Waals surface area contributed by atoms with Crippen LogP contribution in [-0.4, -0.2) is 70.6 Å². The topological polar surface area (TPSA) is 75.6 Å². The third-order valence-corrected chi connectivity index (χ3v) is 8.06. The zero-order valence-electron chi connectivity index (χ0n) is 19.7. The SMILES string of the molecule is COc1cc(-c2cn(C)c(=O)c3[nH]ncc23)cc(OC)c1CN1CCC2(CC1)CN(SC)C2. The number of aromatic nitrogens is 3. The molecule has 1 spiro atoms. The van der Waals surface area contributed by atoms with Crippen molar-refractivity contribution in [3.8, 4) is 22.6 Å². The third kappa shape index (κ3) is 3.92. The van der Waals surface area contributed by atoms with Crippen molar-refractivity contribution < 1.29 is 9.47 Å². The minimum Gasteiger partial charge on any atom is -0.496 e. The van der Waals surface area contributed by atoms with E-state index in [0.717, 1.165) is 53.2 Å². The van der Waals surface area contributed by atoms with Gasteiger partial charge in [0.2, 0.25) is 0 Å². The van der Waals surface area contributed by atoms with Crippen LogP contribution in [0.5, 0.6) is 11.5 Å². The van der Waals surface area contributed by atoms with E-state index in [0.29, 0.717) is 10.9 Å². The Labute approximate surface area is 198 Å². The molecule has 176 valence electrons. The summed E-state index contributed by atoms with van der Waals surface area (Å²) in [6.07, 6.45) is 8.18. The second-order valence-corrected chi connectivity index (χ2v) is 10.1. The second kappa shape index (κ2) is 8.70. The number of benzene rings is 1. The van der Waals surface area contributed by atoms with Crippen LogP contribution in [0.1, 0.15) is 18.4 Å². The van der Waals surface area contributed by atoms with Crippen molar-refractivity contribution in [1.82, 2.24) is 24.0 Å².